The first kappa shape index (κ1) is 37.6. The van der Waals surface area contributed by atoms with Crippen molar-refractivity contribution < 1.29 is 19.0 Å². The maximum atomic E-state index is 13.8. The number of ether oxygens (including phenoxy) is 3. The van der Waals surface area contributed by atoms with Gasteiger partial charge in [0.1, 0.15) is 11.4 Å². The second-order valence-corrected chi connectivity index (χ2v) is 13.1. The fourth-order valence-electron chi connectivity index (χ4n) is 7.09. The van der Waals surface area contributed by atoms with E-state index in [0.717, 1.165) is 114 Å². The SMILES string of the molecule is C.CCOC(=O)c1c(CCCOc2cccc3ccccc23)c2cccc(-c3c(CBr)nn(CCN4CCOCC4)c3C)c2n1CCCNC. The molecule has 10 heteroatoms. The van der Waals surface area contributed by atoms with Crippen LogP contribution in [-0.4, -0.2) is 84.9 Å². The molecule has 50 heavy (non-hydrogen) atoms. The van der Waals surface area contributed by atoms with Crippen LogP contribution in [0.3, 0.4) is 0 Å². The molecule has 9 nitrogen and oxygen atoms in total. The number of fused-ring (bicyclic) bond motifs is 2. The summed E-state index contributed by atoms with van der Waals surface area (Å²) in [4.78, 5) is 16.3. The highest BCUT2D eigenvalue weighted by atomic mass is 79.9. The van der Waals surface area contributed by atoms with Crippen molar-refractivity contribution in [2.24, 2.45) is 0 Å². The molecule has 1 saturated heterocycles. The third-order valence-electron chi connectivity index (χ3n) is 9.45. The molecule has 3 aromatic carbocycles. The van der Waals surface area contributed by atoms with Crippen molar-refractivity contribution in [1.29, 1.82) is 0 Å². The minimum Gasteiger partial charge on any atom is -0.493 e. The number of nitrogens with one attached hydrogen (secondary N) is 1. The average Bonchev–Trinajstić information content (AvgIpc) is 3.63. The molecule has 0 unspecified atom stereocenters. The zero-order chi connectivity index (χ0) is 34.2. The van der Waals surface area contributed by atoms with Crippen LogP contribution in [0.5, 0.6) is 5.75 Å². The molecule has 0 aliphatic carbocycles. The van der Waals surface area contributed by atoms with Gasteiger partial charge in [0, 0.05) is 59.1 Å². The van der Waals surface area contributed by atoms with Gasteiger partial charge in [-0.2, -0.15) is 5.10 Å². The Morgan fingerprint density at radius 3 is 2.52 bits per heavy atom. The summed E-state index contributed by atoms with van der Waals surface area (Å²) in [6.07, 6.45) is 2.30. The number of rotatable bonds is 16. The molecule has 0 saturated carbocycles. The largest absolute Gasteiger partial charge is 0.493 e. The molecular formula is C40H52BrN5O4. The Morgan fingerprint density at radius 2 is 1.74 bits per heavy atom. The molecule has 0 spiro atoms. The van der Waals surface area contributed by atoms with E-state index in [-0.39, 0.29) is 13.4 Å². The first-order valence-corrected chi connectivity index (χ1v) is 18.7. The number of esters is 1. The number of morpholine rings is 1. The van der Waals surface area contributed by atoms with E-state index in [4.69, 9.17) is 19.3 Å². The molecule has 3 heterocycles. The summed E-state index contributed by atoms with van der Waals surface area (Å²) in [5.41, 5.74) is 7.05. The maximum Gasteiger partial charge on any atom is 0.355 e. The second-order valence-electron chi connectivity index (χ2n) is 12.5. The number of benzene rings is 3. The Morgan fingerprint density at radius 1 is 0.980 bits per heavy atom. The zero-order valence-electron chi connectivity index (χ0n) is 29.0. The van der Waals surface area contributed by atoms with E-state index in [1.54, 1.807) is 0 Å². The van der Waals surface area contributed by atoms with E-state index in [9.17, 15) is 4.79 Å². The lowest BCUT2D eigenvalue weighted by Crippen LogP contribution is -2.38. The Kier molecular flexibility index (Phi) is 13.5. The molecule has 268 valence electrons. The Labute approximate surface area is 305 Å². The van der Waals surface area contributed by atoms with Gasteiger partial charge in [0.25, 0.3) is 0 Å². The predicted octanol–water partition coefficient (Wildman–Crippen LogP) is 7.63. The second kappa shape index (κ2) is 18.0. The molecule has 1 aliphatic rings. The molecular weight excluding hydrogens is 694 g/mol. The summed E-state index contributed by atoms with van der Waals surface area (Å²) in [6, 6.07) is 20.9. The molecule has 6 rings (SSSR count). The highest BCUT2D eigenvalue weighted by Crippen LogP contribution is 2.39. The van der Waals surface area contributed by atoms with Gasteiger partial charge in [0.05, 0.1) is 44.2 Å². The van der Waals surface area contributed by atoms with Crippen LogP contribution in [0, 0.1) is 6.92 Å². The number of carbonyl (C=O) groups is 1. The van der Waals surface area contributed by atoms with E-state index in [1.807, 2.05) is 38.2 Å². The summed E-state index contributed by atoms with van der Waals surface area (Å²) in [5.74, 6) is 0.599. The molecule has 0 atom stereocenters. The highest BCUT2D eigenvalue weighted by molar-refractivity contribution is 9.08. The molecule has 1 N–H and O–H groups in total. The summed E-state index contributed by atoms with van der Waals surface area (Å²) >= 11 is 3.75. The van der Waals surface area contributed by atoms with E-state index in [0.29, 0.717) is 37.2 Å². The van der Waals surface area contributed by atoms with E-state index in [1.165, 1.54) is 0 Å². The average molecular weight is 747 g/mol. The number of carbonyl (C=O) groups excluding carboxylic acids is 1. The normalized spacial score (nSPS) is 13.5. The van der Waals surface area contributed by atoms with Crippen molar-refractivity contribution in [1.82, 2.24) is 24.6 Å². The van der Waals surface area contributed by atoms with E-state index >= 15 is 0 Å². The third-order valence-corrected chi connectivity index (χ3v) is 9.98. The number of aromatic nitrogens is 3. The van der Waals surface area contributed by atoms with Crippen LogP contribution in [0.1, 0.15) is 54.6 Å². The lowest BCUT2D eigenvalue weighted by atomic mass is 9.98. The van der Waals surface area contributed by atoms with Gasteiger partial charge in [0.15, 0.2) is 0 Å². The van der Waals surface area contributed by atoms with Gasteiger partial charge in [-0.25, -0.2) is 4.79 Å². The molecule has 0 bridgehead atoms. The van der Waals surface area contributed by atoms with Gasteiger partial charge in [-0.3, -0.25) is 9.58 Å². The number of halogens is 1. The predicted molar refractivity (Wildman–Crippen MR) is 207 cm³/mol. The van der Waals surface area contributed by atoms with E-state index in [2.05, 4.69) is 78.7 Å². The molecule has 1 fully saturated rings. The van der Waals surface area contributed by atoms with Crippen molar-refractivity contribution in [2.45, 2.75) is 59.0 Å². The Bertz CT molecular complexity index is 1870. The van der Waals surface area contributed by atoms with Crippen molar-refractivity contribution >= 4 is 43.6 Å². The van der Waals surface area contributed by atoms with Crippen LogP contribution in [0.2, 0.25) is 0 Å². The van der Waals surface area contributed by atoms with Crippen LogP contribution < -0.4 is 10.1 Å². The van der Waals surface area contributed by atoms with Gasteiger partial charge < -0.3 is 24.1 Å². The van der Waals surface area contributed by atoms with Crippen LogP contribution >= 0.6 is 15.9 Å². The fourth-order valence-corrected chi connectivity index (χ4v) is 7.48. The lowest BCUT2D eigenvalue weighted by molar-refractivity contribution is 0.0359. The van der Waals surface area contributed by atoms with Crippen LogP contribution in [0.15, 0.2) is 60.7 Å². The maximum absolute atomic E-state index is 13.8. The van der Waals surface area contributed by atoms with Crippen molar-refractivity contribution in [3.63, 3.8) is 0 Å². The molecule has 2 aromatic heterocycles. The summed E-state index contributed by atoms with van der Waals surface area (Å²) < 4.78 is 22.0. The zero-order valence-corrected chi connectivity index (χ0v) is 30.6. The molecule has 0 amide bonds. The standard InChI is InChI=1S/C39H48BrN5O4.CH4/c1-4-48-39(46)38-32(16-9-24-49-35-17-7-12-29-11-5-6-13-30(29)35)31-14-8-15-33(37(31)44(38)19-10-18-41-3)36-28(2)45(42-34(36)27-40)21-20-43-22-25-47-26-23-43;/h5-8,11-15,17,41H,4,9-10,16,18-27H2,1-3H3;1H4. The van der Waals surface area contributed by atoms with Crippen molar-refractivity contribution in [2.75, 3.05) is 59.7 Å². The minimum absolute atomic E-state index is 0. The minimum atomic E-state index is -0.280. The van der Waals surface area contributed by atoms with Gasteiger partial charge in [0.2, 0.25) is 0 Å². The van der Waals surface area contributed by atoms with Crippen molar-refractivity contribution in [3.05, 3.63) is 83.3 Å². The fraction of sp³-hybridized carbons (Fsp3) is 0.450. The van der Waals surface area contributed by atoms with Gasteiger partial charge in [-0.1, -0.05) is 78.0 Å². The topological polar surface area (TPSA) is 82.8 Å². The summed E-state index contributed by atoms with van der Waals surface area (Å²) in [7, 11) is 1.96. The number of hydrogen-bond acceptors (Lipinski definition) is 7. The number of para-hydroxylation sites is 1. The quantitative estimate of drug-likeness (QED) is 0.0632. The van der Waals surface area contributed by atoms with Gasteiger partial charge >= 0.3 is 5.97 Å². The van der Waals surface area contributed by atoms with E-state index < -0.39 is 0 Å². The number of nitrogens with zero attached hydrogens (tertiary/aromatic N) is 4. The summed E-state index contributed by atoms with van der Waals surface area (Å²) in [5, 5.41) is 12.3. The monoisotopic (exact) mass is 745 g/mol. The number of aryl methyl sites for hydroxylation is 2. The smallest absolute Gasteiger partial charge is 0.355 e. The van der Waals surface area contributed by atoms with Gasteiger partial charge in [-0.15, -0.1) is 0 Å². The third kappa shape index (κ3) is 8.09. The summed E-state index contributed by atoms with van der Waals surface area (Å²) in [6.45, 7) is 11.6. The Balaban J connectivity index is 0.00000486. The number of alkyl halides is 1. The molecule has 5 aromatic rings. The first-order valence-electron chi connectivity index (χ1n) is 17.5. The van der Waals surface area contributed by atoms with Crippen LogP contribution in [0.25, 0.3) is 32.8 Å². The Hall–Kier alpha value is -3.70. The van der Waals surface area contributed by atoms with Crippen LogP contribution in [-0.2, 0) is 34.3 Å². The molecule has 1 aliphatic heterocycles. The van der Waals surface area contributed by atoms with Crippen molar-refractivity contribution in [3.8, 4) is 16.9 Å². The lowest BCUT2D eigenvalue weighted by Gasteiger charge is -2.26. The van der Waals surface area contributed by atoms with Gasteiger partial charge in [-0.05, 0) is 63.7 Å². The first-order chi connectivity index (χ1) is 24.0. The van der Waals surface area contributed by atoms with Crippen LogP contribution in [0.4, 0.5) is 0 Å². The number of hydrogen-bond donors (Lipinski definition) is 1. The molecule has 0 radical (unpaired) electrons. The highest BCUT2D eigenvalue weighted by Gasteiger charge is 2.28.